The van der Waals surface area contributed by atoms with Crippen LogP contribution < -0.4 is 5.32 Å². The molecule has 10 nitrogen and oxygen atoms in total. The number of likely N-dealkylation sites (N-methyl/N-ethyl adjacent to an activating group) is 1. The molecule has 2 aliphatic rings. The molecule has 5 atom stereocenters. The number of aliphatic hydroxyl groups is 1. The molecule has 2 N–H and O–H groups in total. The van der Waals surface area contributed by atoms with Gasteiger partial charge in [-0.2, -0.15) is 0 Å². The Labute approximate surface area is 234 Å². The number of hydrogen-bond acceptors (Lipinski definition) is 8. The molecule has 40 heavy (non-hydrogen) atoms. The lowest BCUT2D eigenvalue weighted by atomic mass is 9.51. The average Bonchev–Trinajstić information content (AvgIpc) is 3.24. The molecule has 0 radical (unpaired) electrons. The second-order valence-electron chi connectivity index (χ2n) is 11.7. The minimum atomic E-state index is -2.56. The van der Waals surface area contributed by atoms with E-state index in [1.54, 1.807) is 33.0 Å². The number of fused-ring (bicyclic) bond motifs is 1. The van der Waals surface area contributed by atoms with Crippen LogP contribution in [0.3, 0.4) is 0 Å². The summed E-state index contributed by atoms with van der Waals surface area (Å²) in [6.45, 7) is 6.20. The number of amides is 1. The minimum Gasteiger partial charge on any atom is -0.600 e. The molecule has 1 aromatic heterocycles. The molecular formula is C29H38BN3O7. The van der Waals surface area contributed by atoms with Gasteiger partial charge in [0.05, 0.1) is 11.8 Å². The molecule has 0 unspecified atom stereocenters. The first-order valence-electron chi connectivity index (χ1n) is 13.8. The van der Waals surface area contributed by atoms with Gasteiger partial charge < -0.3 is 24.1 Å². The van der Waals surface area contributed by atoms with Crippen molar-refractivity contribution in [3.8, 4) is 11.3 Å². The van der Waals surface area contributed by atoms with Crippen molar-refractivity contribution in [3.05, 3.63) is 54.2 Å². The molecule has 214 valence electrons. The number of benzene rings is 1. The number of nitrogens with one attached hydrogen (secondary N) is 1. The zero-order valence-electron chi connectivity index (χ0n) is 23.9. The minimum absolute atomic E-state index is 0.0652. The molecule has 1 amide bonds. The SMILES string of the molecule is CC(C)C[C@H](CC(=O)[C@@H](NC(=O)c1cccc(-c2ccccc2)n1)[C@@H](C)O)[B-]12OC(=O)[C@H](C)[N+]1(C)[C@@H](C)C(=O)O2. The number of ketones is 1. The van der Waals surface area contributed by atoms with E-state index in [0.29, 0.717) is 12.1 Å². The highest BCUT2D eigenvalue weighted by Crippen LogP contribution is 2.50. The van der Waals surface area contributed by atoms with Gasteiger partial charge in [0.15, 0.2) is 5.78 Å². The summed E-state index contributed by atoms with van der Waals surface area (Å²) in [5.74, 6) is -2.58. The summed E-state index contributed by atoms with van der Waals surface area (Å²) in [4.78, 5) is 57.0. The van der Waals surface area contributed by atoms with Crippen molar-refractivity contribution in [1.82, 2.24) is 10.3 Å². The number of aromatic nitrogens is 1. The first kappa shape index (κ1) is 29.4. The third-order valence-electron chi connectivity index (χ3n) is 8.70. The molecule has 0 aliphatic carbocycles. The van der Waals surface area contributed by atoms with Crippen molar-refractivity contribution in [2.45, 2.75) is 77.5 Å². The summed E-state index contributed by atoms with van der Waals surface area (Å²) in [6.07, 6.45) is -0.950. The highest BCUT2D eigenvalue weighted by molar-refractivity contribution is 6.68. The van der Waals surface area contributed by atoms with Crippen molar-refractivity contribution in [2.24, 2.45) is 5.92 Å². The Morgan fingerprint density at radius 3 is 2.15 bits per heavy atom. The monoisotopic (exact) mass is 551 g/mol. The van der Waals surface area contributed by atoms with Crippen molar-refractivity contribution in [3.63, 3.8) is 0 Å². The Balaban J connectivity index is 1.60. The maximum absolute atomic E-state index is 13.7. The number of nitrogens with zero attached hydrogens (tertiary/aromatic N) is 2. The number of pyridine rings is 1. The van der Waals surface area contributed by atoms with Crippen LogP contribution >= 0.6 is 0 Å². The zero-order valence-corrected chi connectivity index (χ0v) is 23.9. The Morgan fingerprint density at radius 1 is 1.00 bits per heavy atom. The lowest BCUT2D eigenvalue weighted by Gasteiger charge is -2.49. The van der Waals surface area contributed by atoms with Crippen molar-refractivity contribution in [1.29, 1.82) is 0 Å². The fourth-order valence-electron chi connectivity index (χ4n) is 6.25. The van der Waals surface area contributed by atoms with E-state index in [9.17, 15) is 24.3 Å². The Kier molecular flexibility index (Phi) is 8.19. The Hall–Kier alpha value is -3.57. The summed E-state index contributed by atoms with van der Waals surface area (Å²) in [5.41, 5.74) is 1.53. The third kappa shape index (κ3) is 5.04. The maximum Gasteiger partial charge on any atom is 0.587 e. The molecule has 0 saturated carbocycles. The lowest BCUT2D eigenvalue weighted by Crippen LogP contribution is -2.68. The smallest absolute Gasteiger partial charge is 0.587 e. The van der Waals surface area contributed by atoms with E-state index >= 15 is 0 Å². The molecule has 4 rings (SSSR count). The van der Waals surface area contributed by atoms with Gasteiger partial charge in [-0.15, -0.1) is 0 Å². The summed E-state index contributed by atoms with van der Waals surface area (Å²) < 4.78 is 11.7. The predicted octanol–water partition coefficient (Wildman–Crippen LogP) is 2.88. The van der Waals surface area contributed by atoms with E-state index in [0.717, 1.165) is 5.56 Å². The van der Waals surface area contributed by atoms with Crippen LogP contribution in [-0.4, -0.2) is 76.1 Å². The molecule has 0 bridgehead atoms. The van der Waals surface area contributed by atoms with Gasteiger partial charge in [0.2, 0.25) is 0 Å². The van der Waals surface area contributed by atoms with Crippen LogP contribution in [0, 0.1) is 5.92 Å². The van der Waals surface area contributed by atoms with Gasteiger partial charge in [-0.3, -0.25) is 9.59 Å². The molecular weight excluding hydrogens is 513 g/mol. The maximum atomic E-state index is 13.7. The first-order valence-corrected chi connectivity index (χ1v) is 13.8. The fraction of sp³-hybridized carbons (Fsp3) is 0.483. The lowest BCUT2D eigenvalue weighted by molar-refractivity contribution is -0.840. The molecule has 2 fully saturated rings. The number of carbonyl (C=O) groups is 4. The van der Waals surface area contributed by atoms with E-state index in [4.69, 9.17) is 9.31 Å². The summed E-state index contributed by atoms with van der Waals surface area (Å²) >= 11 is 0. The van der Waals surface area contributed by atoms with E-state index in [1.165, 1.54) is 13.0 Å². The number of Topliss-reactive ketones (excluding diaryl/α,β-unsaturated/α-hetero) is 1. The average molecular weight is 551 g/mol. The molecule has 2 saturated heterocycles. The summed E-state index contributed by atoms with van der Waals surface area (Å²) in [6, 6.07) is 11.8. The second-order valence-corrected chi connectivity index (χ2v) is 11.7. The van der Waals surface area contributed by atoms with Crippen LogP contribution in [0.2, 0.25) is 5.82 Å². The normalized spacial score (nSPS) is 27.9. The first-order chi connectivity index (χ1) is 18.8. The van der Waals surface area contributed by atoms with E-state index in [1.807, 2.05) is 44.2 Å². The summed E-state index contributed by atoms with van der Waals surface area (Å²) in [5, 5.41) is 13.2. The van der Waals surface area contributed by atoms with Crippen molar-refractivity contribution in [2.75, 3.05) is 7.05 Å². The largest absolute Gasteiger partial charge is 0.600 e. The van der Waals surface area contributed by atoms with Crippen LogP contribution in [0.25, 0.3) is 11.3 Å². The number of quaternary nitrogens is 1. The second kappa shape index (κ2) is 11.1. The van der Waals surface area contributed by atoms with E-state index < -0.39 is 60.4 Å². The number of hydrogen-bond donors (Lipinski definition) is 2. The standard InChI is InChI=1S/C29H38BN3O7/c1-17(2)15-22(30-33(6,18(3)28(37)39-30)19(4)29(38)40-30)16-25(35)26(20(5)34)32-27(36)24-14-10-13-23(31-24)21-11-8-7-9-12-21/h7-14,17-20,22,26,34H,15-16H2,1-6H3,(H,32,36)/t18-,19-,20+,22+,26-,30?,33?/m0/s1. The van der Waals surface area contributed by atoms with Crippen molar-refractivity contribution >= 4 is 30.3 Å². The molecule has 2 aliphatic heterocycles. The summed E-state index contributed by atoms with van der Waals surface area (Å²) in [7, 11) is 1.77. The van der Waals surface area contributed by atoms with Crippen LogP contribution in [-0.2, 0) is 23.7 Å². The Bertz CT molecular complexity index is 1280. The van der Waals surface area contributed by atoms with Gasteiger partial charge in [0.25, 0.3) is 5.91 Å². The van der Waals surface area contributed by atoms with Gasteiger partial charge in [0, 0.05) is 12.6 Å². The number of carbonyl (C=O) groups excluding carboxylic acids is 4. The molecule has 3 heterocycles. The predicted molar refractivity (Wildman–Crippen MR) is 148 cm³/mol. The van der Waals surface area contributed by atoms with Gasteiger partial charge in [0.1, 0.15) is 23.8 Å². The van der Waals surface area contributed by atoms with Crippen molar-refractivity contribution < 1.29 is 38.0 Å². The quantitative estimate of drug-likeness (QED) is 0.431. The zero-order chi connectivity index (χ0) is 29.4. The molecule has 1 aromatic carbocycles. The highest BCUT2D eigenvalue weighted by Gasteiger charge is 2.74. The molecule has 2 aromatic rings. The molecule has 0 spiro atoms. The highest BCUT2D eigenvalue weighted by atomic mass is 16.7. The van der Waals surface area contributed by atoms with Gasteiger partial charge in [-0.25, -0.2) is 14.6 Å². The van der Waals surface area contributed by atoms with E-state index in [2.05, 4.69) is 10.3 Å². The van der Waals surface area contributed by atoms with E-state index in [-0.39, 0.29) is 22.4 Å². The van der Waals surface area contributed by atoms with Crippen LogP contribution in [0.1, 0.15) is 57.9 Å². The van der Waals surface area contributed by atoms with Gasteiger partial charge >= 0.3 is 18.6 Å². The number of aliphatic hydroxyl groups excluding tert-OH is 1. The topological polar surface area (TPSA) is 132 Å². The number of rotatable bonds is 10. The fourth-order valence-corrected chi connectivity index (χ4v) is 6.25. The van der Waals surface area contributed by atoms with Crippen LogP contribution in [0.5, 0.6) is 0 Å². The molecule has 11 heteroatoms. The third-order valence-corrected chi connectivity index (χ3v) is 8.70. The van der Waals surface area contributed by atoms with Crippen LogP contribution in [0.15, 0.2) is 48.5 Å². The Morgan fingerprint density at radius 2 is 1.60 bits per heavy atom. The van der Waals surface area contributed by atoms with Gasteiger partial charge in [-0.1, -0.05) is 56.7 Å². The van der Waals surface area contributed by atoms with Gasteiger partial charge in [-0.05, 0) is 51.1 Å². The van der Waals surface area contributed by atoms with Crippen LogP contribution in [0.4, 0.5) is 0 Å².